The lowest BCUT2D eigenvalue weighted by atomic mass is 9.91. The summed E-state index contributed by atoms with van der Waals surface area (Å²) in [6.45, 7) is 2.06. The van der Waals surface area contributed by atoms with Crippen LogP contribution in [0.1, 0.15) is 48.0 Å². The molecule has 1 N–H and O–H groups in total. The zero-order valence-electron chi connectivity index (χ0n) is 18.0. The molecule has 1 aliphatic rings. The van der Waals surface area contributed by atoms with Gasteiger partial charge in [-0.05, 0) is 55.0 Å². The van der Waals surface area contributed by atoms with E-state index in [1.54, 1.807) is 18.5 Å². The number of nitrogens with zero attached hydrogens (tertiary/aromatic N) is 3. The number of nitro benzene ring substituents is 1. The number of hydrogen-bond acceptors (Lipinski definition) is 5. The molecule has 0 atom stereocenters. The zero-order chi connectivity index (χ0) is 22.8. The van der Waals surface area contributed by atoms with Gasteiger partial charge in [0.2, 0.25) is 5.91 Å². The molecule has 0 unspecified atom stereocenters. The van der Waals surface area contributed by atoms with Gasteiger partial charge < -0.3 is 10.2 Å². The van der Waals surface area contributed by atoms with Gasteiger partial charge in [-0.1, -0.05) is 18.9 Å². The molecule has 0 saturated carbocycles. The van der Waals surface area contributed by atoms with E-state index < -0.39 is 4.92 Å². The summed E-state index contributed by atoms with van der Waals surface area (Å²) >= 11 is 0. The van der Waals surface area contributed by atoms with E-state index in [1.165, 1.54) is 30.3 Å². The standard InChI is InChI=1S/C24H28N4O4/c29-23(11-6-20-5-3-14-25-18-20)26-15-2-1-4-19-12-16-27(17-13-19)24(30)21-7-9-22(10-8-21)28(31)32/h3,5-11,14,18-19H,1-2,4,12-13,15-17H2,(H,26,29)/b11-6+. The fourth-order valence-electron chi connectivity index (χ4n) is 3.81. The van der Waals surface area contributed by atoms with Crippen LogP contribution >= 0.6 is 0 Å². The average Bonchev–Trinajstić information content (AvgIpc) is 2.83. The van der Waals surface area contributed by atoms with Crippen LogP contribution in [-0.4, -0.2) is 46.3 Å². The lowest BCUT2D eigenvalue weighted by molar-refractivity contribution is -0.384. The third kappa shape index (κ3) is 7.01. The minimum Gasteiger partial charge on any atom is -0.353 e. The van der Waals surface area contributed by atoms with Crippen LogP contribution in [0.15, 0.2) is 54.9 Å². The Labute approximate surface area is 187 Å². The van der Waals surface area contributed by atoms with Crippen LogP contribution in [0, 0.1) is 16.0 Å². The normalized spacial score (nSPS) is 14.4. The lowest BCUT2D eigenvalue weighted by Crippen LogP contribution is -2.38. The van der Waals surface area contributed by atoms with Crippen molar-refractivity contribution in [1.82, 2.24) is 15.2 Å². The number of hydrogen-bond donors (Lipinski definition) is 1. The van der Waals surface area contributed by atoms with Crippen LogP contribution in [0.5, 0.6) is 0 Å². The largest absolute Gasteiger partial charge is 0.353 e. The molecule has 2 aromatic rings. The Morgan fingerprint density at radius 1 is 1.16 bits per heavy atom. The number of piperidine rings is 1. The van der Waals surface area contributed by atoms with Crippen molar-refractivity contribution in [2.75, 3.05) is 19.6 Å². The molecule has 168 valence electrons. The summed E-state index contributed by atoms with van der Waals surface area (Å²) in [6, 6.07) is 9.50. The van der Waals surface area contributed by atoms with Gasteiger partial charge >= 0.3 is 0 Å². The van der Waals surface area contributed by atoms with Crippen molar-refractivity contribution in [2.45, 2.75) is 32.1 Å². The molecule has 1 fully saturated rings. The Balaban J connectivity index is 1.30. The van der Waals surface area contributed by atoms with Gasteiger partial charge in [0.1, 0.15) is 0 Å². The SMILES string of the molecule is O=C(/C=C/c1cccnc1)NCCCCC1CCN(C(=O)c2ccc([N+](=O)[O-])cc2)CC1. The molecule has 1 saturated heterocycles. The molecule has 0 bridgehead atoms. The van der Waals surface area contributed by atoms with Gasteiger partial charge in [0.05, 0.1) is 4.92 Å². The van der Waals surface area contributed by atoms with E-state index in [4.69, 9.17) is 0 Å². The highest BCUT2D eigenvalue weighted by Gasteiger charge is 2.23. The molecule has 32 heavy (non-hydrogen) atoms. The van der Waals surface area contributed by atoms with Crippen LogP contribution in [0.4, 0.5) is 5.69 Å². The highest BCUT2D eigenvalue weighted by molar-refractivity contribution is 5.94. The minimum absolute atomic E-state index is 0.0130. The van der Waals surface area contributed by atoms with Crippen LogP contribution in [0.25, 0.3) is 6.08 Å². The Kier molecular flexibility index (Phi) is 8.48. The van der Waals surface area contributed by atoms with E-state index in [0.717, 1.165) is 37.7 Å². The summed E-state index contributed by atoms with van der Waals surface area (Å²) in [6.07, 6.45) is 11.6. The summed E-state index contributed by atoms with van der Waals surface area (Å²) in [7, 11) is 0. The number of non-ortho nitro benzene ring substituents is 1. The third-order valence-electron chi connectivity index (χ3n) is 5.68. The van der Waals surface area contributed by atoms with E-state index in [2.05, 4.69) is 10.3 Å². The quantitative estimate of drug-likeness (QED) is 0.278. The zero-order valence-corrected chi connectivity index (χ0v) is 18.0. The molecule has 8 nitrogen and oxygen atoms in total. The van der Waals surface area contributed by atoms with Crippen LogP contribution in [0.3, 0.4) is 0 Å². The fourth-order valence-corrected chi connectivity index (χ4v) is 3.81. The third-order valence-corrected chi connectivity index (χ3v) is 5.68. The Morgan fingerprint density at radius 2 is 1.91 bits per heavy atom. The van der Waals surface area contributed by atoms with Crippen molar-refractivity contribution < 1.29 is 14.5 Å². The number of carbonyl (C=O) groups excluding carboxylic acids is 2. The lowest BCUT2D eigenvalue weighted by Gasteiger charge is -2.32. The summed E-state index contributed by atoms with van der Waals surface area (Å²) in [5.74, 6) is 0.407. The van der Waals surface area contributed by atoms with Crippen molar-refractivity contribution in [3.8, 4) is 0 Å². The summed E-state index contributed by atoms with van der Waals surface area (Å²) in [5.41, 5.74) is 1.37. The van der Waals surface area contributed by atoms with E-state index in [0.29, 0.717) is 31.1 Å². The van der Waals surface area contributed by atoms with E-state index in [1.807, 2.05) is 17.0 Å². The summed E-state index contributed by atoms with van der Waals surface area (Å²) in [5, 5.41) is 13.6. The topological polar surface area (TPSA) is 105 Å². The fraction of sp³-hybridized carbons (Fsp3) is 0.375. The molecule has 2 heterocycles. The van der Waals surface area contributed by atoms with E-state index in [9.17, 15) is 19.7 Å². The number of nitro groups is 1. The number of amides is 2. The molecule has 2 amide bonds. The predicted octanol–water partition coefficient (Wildman–Crippen LogP) is 3.84. The second-order valence-electron chi connectivity index (χ2n) is 7.95. The van der Waals surface area contributed by atoms with Gasteiger partial charge in [-0.15, -0.1) is 0 Å². The number of rotatable bonds is 9. The maximum atomic E-state index is 12.6. The number of carbonyl (C=O) groups is 2. The van der Waals surface area contributed by atoms with Gasteiger partial charge in [-0.25, -0.2) is 0 Å². The van der Waals surface area contributed by atoms with E-state index in [-0.39, 0.29) is 17.5 Å². The number of unbranched alkanes of at least 4 members (excludes halogenated alkanes) is 1. The first-order valence-electron chi connectivity index (χ1n) is 10.9. The van der Waals surface area contributed by atoms with Gasteiger partial charge in [0.25, 0.3) is 11.6 Å². The average molecular weight is 437 g/mol. The van der Waals surface area contributed by atoms with Gasteiger partial charge in [-0.2, -0.15) is 0 Å². The Bertz CT molecular complexity index is 936. The molecule has 1 aromatic heterocycles. The van der Waals surface area contributed by atoms with Crippen LogP contribution < -0.4 is 5.32 Å². The first-order valence-corrected chi connectivity index (χ1v) is 10.9. The molecular weight excluding hydrogens is 408 g/mol. The molecule has 1 aliphatic heterocycles. The second kappa shape index (κ2) is 11.7. The number of likely N-dealkylation sites (tertiary alicyclic amines) is 1. The second-order valence-corrected chi connectivity index (χ2v) is 7.95. The van der Waals surface area contributed by atoms with Gasteiger partial charge in [-0.3, -0.25) is 24.7 Å². The molecule has 8 heteroatoms. The Hall–Kier alpha value is -3.55. The first-order chi connectivity index (χ1) is 15.5. The summed E-state index contributed by atoms with van der Waals surface area (Å²) in [4.78, 5) is 40.6. The van der Waals surface area contributed by atoms with E-state index >= 15 is 0 Å². The number of nitrogens with one attached hydrogen (secondary N) is 1. The van der Waals surface area contributed by atoms with Gasteiger partial charge in [0, 0.05) is 55.8 Å². The molecular formula is C24H28N4O4. The molecule has 3 rings (SSSR count). The Morgan fingerprint density at radius 3 is 2.56 bits per heavy atom. The summed E-state index contributed by atoms with van der Waals surface area (Å²) < 4.78 is 0. The predicted molar refractivity (Wildman–Crippen MR) is 122 cm³/mol. The maximum Gasteiger partial charge on any atom is 0.269 e. The highest BCUT2D eigenvalue weighted by atomic mass is 16.6. The first kappa shape index (κ1) is 23.1. The van der Waals surface area contributed by atoms with Crippen molar-refractivity contribution in [1.29, 1.82) is 0 Å². The maximum absolute atomic E-state index is 12.6. The number of aromatic nitrogens is 1. The van der Waals surface area contributed by atoms with Crippen LogP contribution in [0.2, 0.25) is 0 Å². The molecule has 1 aromatic carbocycles. The van der Waals surface area contributed by atoms with Crippen molar-refractivity contribution in [2.24, 2.45) is 5.92 Å². The minimum atomic E-state index is -0.468. The van der Waals surface area contributed by atoms with Crippen LogP contribution in [-0.2, 0) is 4.79 Å². The molecule has 0 radical (unpaired) electrons. The van der Waals surface area contributed by atoms with Gasteiger partial charge in [0.15, 0.2) is 0 Å². The van der Waals surface area contributed by atoms with Crippen molar-refractivity contribution in [3.63, 3.8) is 0 Å². The van der Waals surface area contributed by atoms with Crippen molar-refractivity contribution in [3.05, 3.63) is 76.1 Å². The highest BCUT2D eigenvalue weighted by Crippen LogP contribution is 2.24. The number of pyridine rings is 1. The monoisotopic (exact) mass is 436 g/mol. The number of benzene rings is 1. The smallest absolute Gasteiger partial charge is 0.269 e. The molecule has 0 spiro atoms. The molecule has 0 aliphatic carbocycles. The van der Waals surface area contributed by atoms with Crippen molar-refractivity contribution >= 4 is 23.6 Å².